The minimum atomic E-state index is -0.113. The smallest absolute Gasteiger partial charge is 0.272 e. The molecule has 1 aromatic carbocycles. The summed E-state index contributed by atoms with van der Waals surface area (Å²) >= 11 is 3.37. The van der Waals surface area contributed by atoms with Crippen LogP contribution < -0.4 is 0 Å². The SMILES string of the molecule is O=C(c1ccc(Br)cc1)N1CCN(C(=O)c2cc(-c3cccnc3)n[nH]2)CC1. The fraction of sp³-hybridized carbons (Fsp3) is 0.200. The maximum atomic E-state index is 12.8. The van der Waals surface area contributed by atoms with Gasteiger partial charge in [0.05, 0.1) is 5.69 Å². The third-order valence-electron chi connectivity index (χ3n) is 4.71. The normalized spacial score (nSPS) is 14.2. The summed E-state index contributed by atoms with van der Waals surface area (Å²) in [5, 5.41) is 7.02. The van der Waals surface area contributed by atoms with Crippen LogP contribution in [-0.2, 0) is 0 Å². The van der Waals surface area contributed by atoms with Crippen molar-refractivity contribution < 1.29 is 9.59 Å². The van der Waals surface area contributed by atoms with E-state index < -0.39 is 0 Å². The number of aromatic amines is 1. The van der Waals surface area contributed by atoms with Gasteiger partial charge in [-0.15, -0.1) is 0 Å². The number of nitrogens with one attached hydrogen (secondary N) is 1. The van der Waals surface area contributed by atoms with Crippen molar-refractivity contribution in [2.24, 2.45) is 0 Å². The number of piperazine rings is 1. The Morgan fingerprint density at radius 1 is 0.964 bits per heavy atom. The van der Waals surface area contributed by atoms with Crippen molar-refractivity contribution in [2.45, 2.75) is 0 Å². The number of carbonyl (C=O) groups is 2. The summed E-state index contributed by atoms with van der Waals surface area (Å²) in [6.07, 6.45) is 3.40. The Labute approximate surface area is 170 Å². The second kappa shape index (κ2) is 7.93. The highest BCUT2D eigenvalue weighted by atomic mass is 79.9. The molecule has 2 aromatic heterocycles. The Hall–Kier alpha value is -3.00. The van der Waals surface area contributed by atoms with Crippen molar-refractivity contribution in [3.05, 3.63) is 70.6 Å². The minimum absolute atomic E-state index is 0.0139. The molecule has 0 atom stereocenters. The van der Waals surface area contributed by atoms with Gasteiger partial charge in [-0.25, -0.2) is 0 Å². The van der Waals surface area contributed by atoms with Gasteiger partial charge in [0.2, 0.25) is 0 Å². The molecule has 0 bridgehead atoms. The van der Waals surface area contributed by atoms with Crippen LogP contribution >= 0.6 is 15.9 Å². The molecule has 8 heteroatoms. The van der Waals surface area contributed by atoms with Crippen LogP contribution in [-0.4, -0.2) is 63.0 Å². The van der Waals surface area contributed by atoms with Crippen LogP contribution in [0, 0.1) is 0 Å². The van der Waals surface area contributed by atoms with Crippen molar-refractivity contribution in [1.29, 1.82) is 0 Å². The van der Waals surface area contributed by atoms with E-state index in [1.165, 1.54) is 0 Å². The van der Waals surface area contributed by atoms with Crippen LogP contribution in [0.3, 0.4) is 0 Å². The van der Waals surface area contributed by atoms with Gasteiger partial charge in [-0.3, -0.25) is 19.7 Å². The van der Waals surface area contributed by atoms with E-state index in [9.17, 15) is 9.59 Å². The number of benzene rings is 1. The van der Waals surface area contributed by atoms with Gasteiger partial charge in [0.25, 0.3) is 11.8 Å². The Kier molecular flexibility index (Phi) is 5.21. The first-order valence-electron chi connectivity index (χ1n) is 8.92. The van der Waals surface area contributed by atoms with Crippen molar-refractivity contribution in [2.75, 3.05) is 26.2 Å². The summed E-state index contributed by atoms with van der Waals surface area (Å²) in [5.74, 6) is -0.126. The van der Waals surface area contributed by atoms with Crippen LogP contribution in [0.4, 0.5) is 0 Å². The van der Waals surface area contributed by atoms with E-state index in [2.05, 4.69) is 31.1 Å². The number of carbonyl (C=O) groups excluding carboxylic acids is 2. The fourth-order valence-electron chi connectivity index (χ4n) is 3.15. The highest BCUT2D eigenvalue weighted by Crippen LogP contribution is 2.18. The minimum Gasteiger partial charge on any atom is -0.335 e. The number of nitrogens with zero attached hydrogens (tertiary/aromatic N) is 4. The molecule has 1 saturated heterocycles. The summed E-state index contributed by atoms with van der Waals surface area (Å²) < 4.78 is 0.935. The predicted octanol–water partition coefficient (Wildman–Crippen LogP) is 2.83. The molecule has 142 valence electrons. The molecule has 7 nitrogen and oxygen atoms in total. The lowest BCUT2D eigenvalue weighted by molar-refractivity contribution is 0.0532. The maximum Gasteiger partial charge on any atom is 0.272 e. The molecule has 0 radical (unpaired) electrons. The van der Waals surface area contributed by atoms with E-state index in [4.69, 9.17) is 0 Å². The van der Waals surface area contributed by atoms with Gasteiger partial charge in [0.1, 0.15) is 5.69 Å². The second-order valence-corrected chi connectivity index (χ2v) is 7.42. The fourth-order valence-corrected chi connectivity index (χ4v) is 3.42. The monoisotopic (exact) mass is 439 g/mol. The van der Waals surface area contributed by atoms with E-state index in [1.807, 2.05) is 24.3 Å². The molecule has 0 unspecified atom stereocenters. The Bertz CT molecular complexity index is 979. The molecule has 0 saturated carbocycles. The summed E-state index contributed by atoms with van der Waals surface area (Å²) in [4.78, 5) is 33.0. The third-order valence-corrected chi connectivity index (χ3v) is 5.24. The van der Waals surface area contributed by atoms with Gasteiger partial charge < -0.3 is 9.80 Å². The first-order chi connectivity index (χ1) is 13.6. The van der Waals surface area contributed by atoms with Crippen LogP contribution in [0.1, 0.15) is 20.8 Å². The predicted molar refractivity (Wildman–Crippen MR) is 108 cm³/mol. The van der Waals surface area contributed by atoms with Crippen molar-refractivity contribution >= 4 is 27.7 Å². The number of rotatable bonds is 3. The molecule has 28 heavy (non-hydrogen) atoms. The molecule has 1 aliphatic rings. The summed E-state index contributed by atoms with van der Waals surface area (Å²) in [6, 6.07) is 12.8. The van der Waals surface area contributed by atoms with E-state index in [1.54, 1.807) is 40.4 Å². The third kappa shape index (κ3) is 3.82. The Morgan fingerprint density at radius 2 is 1.64 bits per heavy atom. The van der Waals surface area contributed by atoms with Gasteiger partial charge in [-0.2, -0.15) is 5.10 Å². The first kappa shape index (κ1) is 18.4. The Morgan fingerprint density at radius 3 is 2.29 bits per heavy atom. The van der Waals surface area contributed by atoms with Gasteiger partial charge in [-0.05, 0) is 42.5 Å². The number of halogens is 1. The van der Waals surface area contributed by atoms with Crippen LogP contribution in [0.5, 0.6) is 0 Å². The number of hydrogen-bond acceptors (Lipinski definition) is 4. The summed E-state index contributed by atoms with van der Waals surface area (Å²) in [6.45, 7) is 1.99. The van der Waals surface area contributed by atoms with Crippen LogP contribution in [0.2, 0.25) is 0 Å². The van der Waals surface area contributed by atoms with Gasteiger partial charge in [0, 0.05) is 54.2 Å². The first-order valence-corrected chi connectivity index (χ1v) is 9.71. The molecule has 3 heterocycles. The largest absolute Gasteiger partial charge is 0.335 e. The van der Waals surface area contributed by atoms with E-state index in [-0.39, 0.29) is 11.8 Å². The van der Waals surface area contributed by atoms with E-state index in [0.717, 1.165) is 10.0 Å². The standard InChI is InChI=1S/C20H18BrN5O2/c21-16-5-3-14(4-6-16)19(27)25-8-10-26(11-9-25)20(28)18-12-17(23-24-18)15-2-1-7-22-13-15/h1-7,12-13H,8-11H2,(H,23,24). The van der Waals surface area contributed by atoms with Crippen LogP contribution in [0.25, 0.3) is 11.3 Å². The lowest BCUT2D eigenvalue weighted by atomic mass is 10.1. The lowest BCUT2D eigenvalue weighted by Crippen LogP contribution is -2.50. The van der Waals surface area contributed by atoms with Gasteiger partial charge >= 0.3 is 0 Å². The van der Waals surface area contributed by atoms with Crippen LogP contribution in [0.15, 0.2) is 59.3 Å². The van der Waals surface area contributed by atoms with Gasteiger partial charge in [0.15, 0.2) is 0 Å². The quantitative estimate of drug-likeness (QED) is 0.679. The average molecular weight is 440 g/mol. The van der Waals surface area contributed by atoms with E-state index in [0.29, 0.717) is 43.1 Å². The van der Waals surface area contributed by atoms with Crippen molar-refractivity contribution in [3.8, 4) is 11.3 Å². The highest BCUT2D eigenvalue weighted by molar-refractivity contribution is 9.10. The number of aromatic nitrogens is 3. The molecular weight excluding hydrogens is 422 g/mol. The zero-order valence-electron chi connectivity index (χ0n) is 15.0. The Balaban J connectivity index is 1.38. The molecule has 1 fully saturated rings. The molecule has 1 N–H and O–H groups in total. The van der Waals surface area contributed by atoms with Crippen molar-refractivity contribution in [1.82, 2.24) is 25.0 Å². The lowest BCUT2D eigenvalue weighted by Gasteiger charge is -2.34. The molecule has 1 aliphatic heterocycles. The molecule has 0 spiro atoms. The summed E-state index contributed by atoms with van der Waals surface area (Å²) in [7, 11) is 0. The summed E-state index contributed by atoms with van der Waals surface area (Å²) in [5.41, 5.74) is 2.62. The number of hydrogen-bond donors (Lipinski definition) is 1. The molecule has 0 aliphatic carbocycles. The zero-order chi connectivity index (χ0) is 19.5. The molecular formula is C20H18BrN5O2. The van der Waals surface area contributed by atoms with Gasteiger partial charge in [-0.1, -0.05) is 15.9 Å². The second-order valence-electron chi connectivity index (χ2n) is 6.50. The zero-order valence-corrected chi connectivity index (χ0v) is 16.6. The number of pyridine rings is 1. The van der Waals surface area contributed by atoms with E-state index >= 15 is 0 Å². The topological polar surface area (TPSA) is 82.2 Å². The molecule has 2 amide bonds. The number of H-pyrrole nitrogens is 1. The molecule has 4 rings (SSSR count). The molecule has 3 aromatic rings. The highest BCUT2D eigenvalue weighted by Gasteiger charge is 2.26. The number of amides is 2. The average Bonchev–Trinajstić information content (AvgIpc) is 3.24. The van der Waals surface area contributed by atoms with Crippen molar-refractivity contribution in [3.63, 3.8) is 0 Å². The maximum absolute atomic E-state index is 12.8.